The maximum absolute atomic E-state index is 13.0. The number of H-pyrrole nitrogens is 1. The molecule has 0 amide bonds. The summed E-state index contributed by atoms with van der Waals surface area (Å²) in [6, 6.07) is 9.79. The van der Waals surface area contributed by atoms with Crippen molar-refractivity contribution in [2.75, 3.05) is 19.7 Å². The molecular formula is C17H19N5O3S. The minimum atomic E-state index is -3.62. The number of rotatable bonds is 5. The van der Waals surface area contributed by atoms with Crippen LogP contribution in [0.4, 0.5) is 0 Å². The zero-order valence-corrected chi connectivity index (χ0v) is 14.8. The second kappa shape index (κ2) is 7.02. The third-order valence-electron chi connectivity index (χ3n) is 4.36. The number of aromatic nitrogens is 4. The Balaban J connectivity index is 1.51. The molecule has 1 saturated heterocycles. The van der Waals surface area contributed by atoms with Crippen LogP contribution in [-0.4, -0.2) is 52.4 Å². The summed E-state index contributed by atoms with van der Waals surface area (Å²) < 4.78 is 34.7. The van der Waals surface area contributed by atoms with Gasteiger partial charge in [0.25, 0.3) is 0 Å². The van der Waals surface area contributed by atoms with Gasteiger partial charge in [0, 0.05) is 31.0 Å². The van der Waals surface area contributed by atoms with E-state index in [2.05, 4.69) is 15.3 Å². The maximum Gasteiger partial charge on any atom is 0.246 e. The first-order chi connectivity index (χ1) is 12.6. The normalized spacial score (nSPS) is 18.8. The molecule has 1 fully saturated rings. The fraction of sp³-hybridized carbons (Fsp3) is 0.294. The summed E-state index contributed by atoms with van der Waals surface area (Å²) in [6.45, 7) is 1.44. The molecule has 3 heterocycles. The standard InChI is InChI=1S/C17H19N5O3S/c23-26(24,22-6-7-25-17(13-22)15-8-18-19-9-15)16-10-20-21(12-16)11-14-4-2-1-3-5-14/h1-5,8-10,12,17H,6-7,11,13H2,(H,18,19). The van der Waals surface area contributed by atoms with Gasteiger partial charge in [-0.1, -0.05) is 30.3 Å². The van der Waals surface area contributed by atoms with Crippen LogP contribution < -0.4 is 0 Å². The van der Waals surface area contributed by atoms with Crippen LogP contribution in [0.25, 0.3) is 0 Å². The van der Waals surface area contributed by atoms with E-state index >= 15 is 0 Å². The van der Waals surface area contributed by atoms with Crippen molar-refractivity contribution in [3.8, 4) is 0 Å². The lowest BCUT2D eigenvalue weighted by Gasteiger charge is -2.31. The first kappa shape index (κ1) is 17.0. The lowest BCUT2D eigenvalue weighted by Crippen LogP contribution is -2.42. The van der Waals surface area contributed by atoms with E-state index in [0.29, 0.717) is 19.7 Å². The van der Waals surface area contributed by atoms with E-state index in [1.165, 1.54) is 10.5 Å². The number of aromatic amines is 1. The van der Waals surface area contributed by atoms with Crippen molar-refractivity contribution in [1.29, 1.82) is 0 Å². The van der Waals surface area contributed by atoms with Crippen molar-refractivity contribution in [2.45, 2.75) is 17.5 Å². The van der Waals surface area contributed by atoms with Crippen LogP contribution in [0.1, 0.15) is 17.2 Å². The van der Waals surface area contributed by atoms with Gasteiger partial charge in [0.2, 0.25) is 10.0 Å². The van der Waals surface area contributed by atoms with Crippen LogP contribution in [0.3, 0.4) is 0 Å². The molecule has 9 heteroatoms. The number of benzene rings is 1. The molecular weight excluding hydrogens is 354 g/mol. The molecule has 1 N–H and O–H groups in total. The van der Waals surface area contributed by atoms with Gasteiger partial charge in [-0.3, -0.25) is 9.78 Å². The molecule has 8 nitrogen and oxygen atoms in total. The average Bonchev–Trinajstić information content (AvgIpc) is 3.35. The van der Waals surface area contributed by atoms with E-state index < -0.39 is 10.0 Å². The van der Waals surface area contributed by atoms with Crippen molar-refractivity contribution in [3.05, 3.63) is 66.2 Å². The SMILES string of the molecule is O=S(=O)(c1cnn(Cc2ccccc2)c1)N1CCOC(c2cn[nH]c2)C1. The van der Waals surface area contributed by atoms with E-state index in [0.717, 1.165) is 11.1 Å². The summed E-state index contributed by atoms with van der Waals surface area (Å²) in [5.41, 5.74) is 1.90. The van der Waals surface area contributed by atoms with Gasteiger partial charge in [-0.15, -0.1) is 0 Å². The quantitative estimate of drug-likeness (QED) is 0.730. The highest BCUT2D eigenvalue weighted by atomic mass is 32.2. The molecule has 1 atom stereocenters. The summed E-state index contributed by atoms with van der Waals surface area (Å²) >= 11 is 0. The van der Waals surface area contributed by atoms with Gasteiger partial charge in [0.15, 0.2) is 0 Å². The van der Waals surface area contributed by atoms with Crippen LogP contribution >= 0.6 is 0 Å². The number of hydrogen-bond donors (Lipinski definition) is 1. The van der Waals surface area contributed by atoms with E-state index in [1.807, 2.05) is 30.3 Å². The first-order valence-corrected chi connectivity index (χ1v) is 9.74. The zero-order valence-electron chi connectivity index (χ0n) is 14.0. The summed E-state index contributed by atoms with van der Waals surface area (Å²) in [4.78, 5) is 0.196. The predicted octanol–water partition coefficient (Wildman–Crippen LogP) is 1.42. The minimum absolute atomic E-state index is 0.196. The molecule has 26 heavy (non-hydrogen) atoms. The monoisotopic (exact) mass is 373 g/mol. The second-order valence-corrected chi connectivity index (χ2v) is 8.05. The Kier molecular flexibility index (Phi) is 4.58. The molecule has 1 aliphatic heterocycles. The Labute approximate surface area is 151 Å². The van der Waals surface area contributed by atoms with Crippen molar-refractivity contribution in [1.82, 2.24) is 24.3 Å². The molecule has 2 aromatic heterocycles. The maximum atomic E-state index is 13.0. The molecule has 1 aliphatic rings. The van der Waals surface area contributed by atoms with Crippen LogP contribution in [0.5, 0.6) is 0 Å². The highest BCUT2D eigenvalue weighted by Gasteiger charge is 2.32. The molecule has 3 aromatic rings. The van der Waals surface area contributed by atoms with Crippen molar-refractivity contribution >= 4 is 10.0 Å². The lowest BCUT2D eigenvalue weighted by atomic mass is 10.2. The Morgan fingerprint density at radius 3 is 2.85 bits per heavy atom. The molecule has 0 saturated carbocycles. The zero-order chi connectivity index (χ0) is 18.0. The van der Waals surface area contributed by atoms with Gasteiger partial charge in [-0.2, -0.15) is 14.5 Å². The van der Waals surface area contributed by atoms with Gasteiger partial charge >= 0.3 is 0 Å². The number of ether oxygens (including phenoxy) is 1. The summed E-state index contributed by atoms with van der Waals surface area (Å²) in [5.74, 6) is 0. The van der Waals surface area contributed by atoms with Crippen LogP contribution in [0.15, 0.2) is 60.0 Å². The van der Waals surface area contributed by atoms with Gasteiger partial charge in [-0.25, -0.2) is 8.42 Å². The van der Waals surface area contributed by atoms with E-state index in [9.17, 15) is 8.42 Å². The molecule has 1 aromatic carbocycles. The highest BCUT2D eigenvalue weighted by Crippen LogP contribution is 2.25. The smallest absolute Gasteiger partial charge is 0.246 e. The molecule has 0 aliphatic carbocycles. The van der Waals surface area contributed by atoms with Crippen molar-refractivity contribution in [3.63, 3.8) is 0 Å². The molecule has 1 unspecified atom stereocenters. The van der Waals surface area contributed by atoms with E-state index in [1.54, 1.807) is 23.3 Å². The largest absolute Gasteiger partial charge is 0.371 e. The van der Waals surface area contributed by atoms with Gasteiger partial charge in [0.1, 0.15) is 4.90 Å². The summed E-state index contributed by atoms with van der Waals surface area (Å²) in [7, 11) is -3.62. The first-order valence-electron chi connectivity index (χ1n) is 8.30. The molecule has 4 rings (SSSR count). The number of hydrogen-bond acceptors (Lipinski definition) is 5. The third-order valence-corrected chi connectivity index (χ3v) is 6.17. The Morgan fingerprint density at radius 2 is 2.08 bits per heavy atom. The second-order valence-electron chi connectivity index (χ2n) is 6.11. The topological polar surface area (TPSA) is 93.1 Å². The van der Waals surface area contributed by atoms with E-state index in [4.69, 9.17) is 4.74 Å². The Hall–Kier alpha value is -2.49. The molecule has 0 spiro atoms. The van der Waals surface area contributed by atoms with Crippen molar-refractivity contribution < 1.29 is 13.2 Å². The Bertz CT molecular complexity index is 953. The van der Waals surface area contributed by atoms with Gasteiger partial charge in [-0.05, 0) is 5.56 Å². The molecule has 0 radical (unpaired) electrons. The predicted molar refractivity (Wildman–Crippen MR) is 93.8 cm³/mol. The van der Waals surface area contributed by atoms with Crippen molar-refractivity contribution in [2.24, 2.45) is 0 Å². The number of nitrogens with zero attached hydrogens (tertiary/aromatic N) is 4. The lowest BCUT2D eigenvalue weighted by molar-refractivity contribution is -0.00254. The van der Waals surface area contributed by atoms with Gasteiger partial charge < -0.3 is 4.74 Å². The van der Waals surface area contributed by atoms with E-state index in [-0.39, 0.29) is 17.5 Å². The number of morpholine rings is 1. The Morgan fingerprint density at radius 1 is 1.23 bits per heavy atom. The van der Waals surface area contributed by atoms with Gasteiger partial charge in [0.05, 0.1) is 31.6 Å². The molecule has 136 valence electrons. The third kappa shape index (κ3) is 3.41. The van der Waals surface area contributed by atoms with Crippen LogP contribution in [0, 0.1) is 0 Å². The minimum Gasteiger partial charge on any atom is -0.371 e. The molecule has 0 bridgehead atoms. The average molecular weight is 373 g/mol. The van der Waals surface area contributed by atoms with Crippen LogP contribution in [0.2, 0.25) is 0 Å². The number of nitrogens with one attached hydrogen (secondary N) is 1. The fourth-order valence-electron chi connectivity index (χ4n) is 2.97. The van der Waals surface area contributed by atoms with Crippen LogP contribution in [-0.2, 0) is 21.3 Å². The summed E-state index contributed by atoms with van der Waals surface area (Å²) in [5, 5.41) is 10.8. The summed E-state index contributed by atoms with van der Waals surface area (Å²) in [6.07, 6.45) is 6.03. The number of sulfonamides is 1. The fourth-order valence-corrected chi connectivity index (χ4v) is 4.35. The highest BCUT2D eigenvalue weighted by molar-refractivity contribution is 7.89.